The van der Waals surface area contributed by atoms with Crippen molar-refractivity contribution in [2.24, 2.45) is 0 Å². The van der Waals surface area contributed by atoms with Crippen LogP contribution in [-0.4, -0.2) is 21.3 Å². The SMILES string of the molecule is Cc1[nH]ncc1Oc1ccccc1CCC(=O)O. The third kappa shape index (κ3) is 2.88. The van der Waals surface area contributed by atoms with E-state index in [1.54, 1.807) is 6.20 Å². The number of aliphatic carboxylic acids is 1. The molecule has 0 saturated heterocycles. The molecule has 2 aromatic rings. The van der Waals surface area contributed by atoms with E-state index in [9.17, 15) is 4.79 Å². The Morgan fingerprint density at radius 1 is 1.39 bits per heavy atom. The number of aryl methyl sites for hydroxylation is 2. The number of benzene rings is 1. The number of nitrogens with one attached hydrogen (secondary N) is 1. The van der Waals surface area contributed by atoms with E-state index in [-0.39, 0.29) is 6.42 Å². The number of carbonyl (C=O) groups is 1. The van der Waals surface area contributed by atoms with Crippen LogP contribution in [0, 0.1) is 6.92 Å². The van der Waals surface area contributed by atoms with E-state index >= 15 is 0 Å². The van der Waals surface area contributed by atoms with Gasteiger partial charge in [0.05, 0.1) is 11.9 Å². The molecule has 0 bridgehead atoms. The number of nitrogens with zero attached hydrogens (tertiary/aromatic N) is 1. The Balaban J connectivity index is 2.17. The van der Waals surface area contributed by atoms with Gasteiger partial charge in [-0.1, -0.05) is 18.2 Å². The van der Waals surface area contributed by atoms with Gasteiger partial charge in [0.15, 0.2) is 5.75 Å². The summed E-state index contributed by atoms with van der Waals surface area (Å²) in [7, 11) is 0. The van der Waals surface area contributed by atoms with E-state index < -0.39 is 5.97 Å². The van der Waals surface area contributed by atoms with Gasteiger partial charge in [0, 0.05) is 6.42 Å². The minimum atomic E-state index is -0.815. The highest BCUT2D eigenvalue weighted by atomic mass is 16.5. The number of rotatable bonds is 5. The molecule has 1 aromatic carbocycles. The van der Waals surface area contributed by atoms with Gasteiger partial charge in [-0.25, -0.2) is 0 Å². The molecule has 0 atom stereocenters. The van der Waals surface area contributed by atoms with Gasteiger partial charge in [-0.3, -0.25) is 9.89 Å². The fraction of sp³-hybridized carbons (Fsp3) is 0.231. The number of para-hydroxylation sites is 1. The summed E-state index contributed by atoms with van der Waals surface area (Å²) in [5, 5.41) is 15.4. The highest BCUT2D eigenvalue weighted by Gasteiger charge is 2.08. The lowest BCUT2D eigenvalue weighted by Crippen LogP contribution is -1.99. The van der Waals surface area contributed by atoms with Crippen molar-refractivity contribution in [3.63, 3.8) is 0 Å². The summed E-state index contributed by atoms with van der Waals surface area (Å²) in [4.78, 5) is 10.6. The second-order valence-corrected chi connectivity index (χ2v) is 3.96. The number of ether oxygens (including phenoxy) is 1. The van der Waals surface area contributed by atoms with Crippen molar-refractivity contribution in [3.8, 4) is 11.5 Å². The van der Waals surface area contributed by atoms with Crippen molar-refractivity contribution < 1.29 is 14.6 Å². The quantitative estimate of drug-likeness (QED) is 0.850. The van der Waals surface area contributed by atoms with E-state index in [0.29, 0.717) is 17.9 Å². The Kier molecular flexibility index (Phi) is 3.62. The lowest BCUT2D eigenvalue weighted by molar-refractivity contribution is -0.136. The first-order valence-electron chi connectivity index (χ1n) is 5.64. The Hall–Kier alpha value is -2.30. The van der Waals surface area contributed by atoms with Crippen molar-refractivity contribution in [2.75, 3.05) is 0 Å². The Labute approximate surface area is 104 Å². The van der Waals surface area contributed by atoms with Crippen LogP contribution in [0.5, 0.6) is 11.5 Å². The fourth-order valence-electron chi connectivity index (χ4n) is 1.61. The zero-order chi connectivity index (χ0) is 13.0. The third-order valence-corrected chi connectivity index (χ3v) is 2.58. The number of hydrogen-bond acceptors (Lipinski definition) is 3. The highest BCUT2D eigenvalue weighted by molar-refractivity contribution is 5.67. The van der Waals surface area contributed by atoms with Crippen LogP contribution in [0.25, 0.3) is 0 Å². The molecule has 0 aliphatic heterocycles. The van der Waals surface area contributed by atoms with Gasteiger partial charge in [-0.05, 0) is 25.0 Å². The summed E-state index contributed by atoms with van der Waals surface area (Å²) in [5.74, 6) is 0.505. The maximum atomic E-state index is 10.6. The molecule has 94 valence electrons. The molecular weight excluding hydrogens is 232 g/mol. The minimum Gasteiger partial charge on any atom is -0.481 e. The first kappa shape index (κ1) is 12.2. The minimum absolute atomic E-state index is 0.0880. The molecule has 5 nitrogen and oxygen atoms in total. The zero-order valence-corrected chi connectivity index (χ0v) is 10.0. The Morgan fingerprint density at radius 2 is 2.17 bits per heavy atom. The second kappa shape index (κ2) is 5.35. The number of carboxylic acid groups (broad SMARTS) is 1. The van der Waals surface area contributed by atoms with Crippen LogP contribution in [0.15, 0.2) is 30.5 Å². The fourth-order valence-corrected chi connectivity index (χ4v) is 1.61. The second-order valence-electron chi connectivity index (χ2n) is 3.96. The van der Waals surface area contributed by atoms with E-state index in [4.69, 9.17) is 9.84 Å². The lowest BCUT2D eigenvalue weighted by Gasteiger charge is -2.09. The maximum Gasteiger partial charge on any atom is 0.303 e. The van der Waals surface area contributed by atoms with Gasteiger partial charge in [-0.15, -0.1) is 0 Å². The predicted molar refractivity (Wildman–Crippen MR) is 65.8 cm³/mol. The number of hydrogen-bond donors (Lipinski definition) is 2. The molecule has 0 spiro atoms. The molecule has 2 N–H and O–H groups in total. The number of H-pyrrole nitrogens is 1. The molecule has 0 unspecified atom stereocenters. The number of carboxylic acids is 1. The van der Waals surface area contributed by atoms with Crippen LogP contribution in [0.4, 0.5) is 0 Å². The maximum absolute atomic E-state index is 10.6. The van der Waals surface area contributed by atoms with Crippen LogP contribution < -0.4 is 4.74 Å². The van der Waals surface area contributed by atoms with Gasteiger partial charge in [-0.2, -0.15) is 5.10 Å². The third-order valence-electron chi connectivity index (χ3n) is 2.58. The first-order chi connectivity index (χ1) is 8.66. The largest absolute Gasteiger partial charge is 0.481 e. The van der Waals surface area contributed by atoms with Crippen LogP contribution in [0.3, 0.4) is 0 Å². The van der Waals surface area contributed by atoms with Crippen LogP contribution >= 0.6 is 0 Å². The summed E-state index contributed by atoms with van der Waals surface area (Å²) >= 11 is 0. The molecule has 0 amide bonds. The monoisotopic (exact) mass is 246 g/mol. The summed E-state index contributed by atoms with van der Waals surface area (Å²) in [5.41, 5.74) is 1.71. The molecule has 0 fully saturated rings. The zero-order valence-electron chi connectivity index (χ0n) is 10.0. The molecule has 2 rings (SSSR count). The molecule has 5 heteroatoms. The lowest BCUT2D eigenvalue weighted by atomic mass is 10.1. The topological polar surface area (TPSA) is 75.2 Å². The van der Waals surface area contributed by atoms with Crippen LogP contribution in [0.2, 0.25) is 0 Å². The van der Waals surface area contributed by atoms with E-state index in [2.05, 4.69) is 10.2 Å². The molecule has 0 aliphatic carbocycles. The summed E-state index contributed by atoms with van der Waals surface area (Å²) in [6.45, 7) is 1.86. The van der Waals surface area contributed by atoms with E-state index in [1.807, 2.05) is 31.2 Å². The molecule has 0 saturated carbocycles. The molecule has 18 heavy (non-hydrogen) atoms. The number of aromatic amines is 1. The average Bonchev–Trinajstić information content (AvgIpc) is 2.74. The summed E-state index contributed by atoms with van der Waals surface area (Å²) < 4.78 is 5.73. The molecule has 1 aromatic heterocycles. The van der Waals surface area contributed by atoms with Gasteiger partial charge in [0.25, 0.3) is 0 Å². The standard InChI is InChI=1S/C13H14N2O3/c1-9-12(8-14-15-9)18-11-5-3-2-4-10(11)6-7-13(16)17/h2-5,8H,6-7H2,1H3,(H,14,15)(H,16,17). The van der Waals surface area contributed by atoms with Crippen molar-refractivity contribution in [1.82, 2.24) is 10.2 Å². The Morgan fingerprint density at radius 3 is 2.83 bits per heavy atom. The van der Waals surface area contributed by atoms with Crippen LogP contribution in [-0.2, 0) is 11.2 Å². The van der Waals surface area contributed by atoms with Gasteiger partial charge < -0.3 is 9.84 Å². The molecular formula is C13H14N2O3. The van der Waals surface area contributed by atoms with Crippen molar-refractivity contribution >= 4 is 5.97 Å². The predicted octanol–water partition coefficient (Wildman–Crippen LogP) is 2.53. The summed E-state index contributed by atoms with van der Waals surface area (Å²) in [6.07, 6.45) is 2.14. The van der Waals surface area contributed by atoms with Crippen molar-refractivity contribution in [2.45, 2.75) is 19.8 Å². The average molecular weight is 246 g/mol. The molecule has 0 aliphatic rings. The highest BCUT2D eigenvalue weighted by Crippen LogP contribution is 2.27. The van der Waals surface area contributed by atoms with Crippen molar-refractivity contribution in [3.05, 3.63) is 41.7 Å². The smallest absolute Gasteiger partial charge is 0.303 e. The van der Waals surface area contributed by atoms with Crippen molar-refractivity contribution in [1.29, 1.82) is 0 Å². The van der Waals surface area contributed by atoms with Gasteiger partial charge >= 0.3 is 5.97 Å². The van der Waals surface area contributed by atoms with Gasteiger partial charge in [0.1, 0.15) is 5.75 Å². The van der Waals surface area contributed by atoms with E-state index in [1.165, 1.54) is 0 Å². The van der Waals surface area contributed by atoms with Gasteiger partial charge in [0.2, 0.25) is 0 Å². The Bertz CT molecular complexity index is 549. The normalized spacial score (nSPS) is 10.3. The van der Waals surface area contributed by atoms with E-state index in [0.717, 1.165) is 11.3 Å². The molecule has 1 heterocycles. The number of aromatic nitrogens is 2. The molecule has 0 radical (unpaired) electrons. The first-order valence-corrected chi connectivity index (χ1v) is 5.64. The summed E-state index contributed by atoms with van der Waals surface area (Å²) in [6, 6.07) is 7.42. The van der Waals surface area contributed by atoms with Crippen LogP contribution in [0.1, 0.15) is 17.7 Å².